The Hall–Kier alpha value is -0.870. The molecule has 0 bridgehead atoms. The van der Waals surface area contributed by atoms with Gasteiger partial charge >= 0.3 is 5.97 Å². The number of esters is 1. The van der Waals surface area contributed by atoms with E-state index in [9.17, 15) is 4.79 Å². The van der Waals surface area contributed by atoms with Crippen LogP contribution in [0.1, 0.15) is 55.7 Å². The first kappa shape index (κ1) is 16.5. The van der Waals surface area contributed by atoms with E-state index in [1.54, 1.807) is 0 Å². The van der Waals surface area contributed by atoms with Crippen LogP contribution in [-0.4, -0.2) is 19.1 Å². The van der Waals surface area contributed by atoms with Gasteiger partial charge in [0.15, 0.2) is 0 Å². The van der Waals surface area contributed by atoms with Crippen LogP contribution >= 0.6 is 15.9 Å². The molecule has 21 heavy (non-hydrogen) atoms. The van der Waals surface area contributed by atoms with Gasteiger partial charge in [-0.15, -0.1) is 0 Å². The molecule has 0 radical (unpaired) electrons. The minimum atomic E-state index is -0.395. The SMILES string of the molecule is COC(=O)C(NC1CCCCCC1)c1ccc(C)cc1Br. The standard InChI is InChI=1S/C17H24BrNO2/c1-12-9-10-14(15(18)11-12)16(17(20)21-2)19-13-7-5-3-4-6-8-13/h9-11,13,16,19H,3-8H2,1-2H3. The number of carbonyl (C=O) groups excluding carboxylic acids is 1. The molecule has 1 aliphatic rings. The zero-order valence-corrected chi connectivity index (χ0v) is 14.4. The molecule has 0 aliphatic heterocycles. The lowest BCUT2D eigenvalue weighted by Gasteiger charge is -2.24. The van der Waals surface area contributed by atoms with Gasteiger partial charge in [0.05, 0.1) is 7.11 Å². The monoisotopic (exact) mass is 353 g/mol. The van der Waals surface area contributed by atoms with Crippen molar-refractivity contribution in [3.63, 3.8) is 0 Å². The Morgan fingerprint density at radius 2 is 1.95 bits per heavy atom. The predicted octanol–water partition coefficient (Wildman–Crippen LogP) is 4.28. The van der Waals surface area contributed by atoms with Crippen molar-refractivity contribution in [2.24, 2.45) is 0 Å². The number of ether oxygens (including phenoxy) is 1. The molecule has 2 rings (SSSR count). The smallest absolute Gasteiger partial charge is 0.327 e. The van der Waals surface area contributed by atoms with Crippen molar-refractivity contribution in [3.8, 4) is 0 Å². The summed E-state index contributed by atoms with van der Waals surface area (Å²) < 4.78 is 5.96. The molecule has 1 N–H and O–H groups in total. The molecule has 116 valence electrons. The summed E-state index contributed by atoms with van der Waals surface area (Å²) in [7, 11) is 1.45. The van der Waals surface area contributed by atoms with Gasteiger partial charge in [0.1, 0.15) is 6.04 Å². The maximum absolute atomic E-state index is 12.2. The van der Waals surface area contributed by atoms with E-state index in [2.05, 4.69) is 21.2 Å². The van der Waals surface area contributed by atoms with Crippen molar-refractivity contribution >= 4 is 21.9 Å². The van der Waals surface area contributed by atoms with Crippen molar-refractivity contribution in [1.29, 1.82) is 0 Å². The van der Waals surface area contributed by atoms with E-state index in [-0.39, 0.29) is 5.97 Å². The van der Waals surface area contributed by atoms with Crippen molar-refractivity contribution in [1.82, 2.24) is 5.32 Å². The minimum absolute atomic E-state index is 0.219. The summed E-state index contributed by atoms with van der Waals surface area (Å²) in [5.74, 6) is -0.219. The number of aryl methyl sites for hydroxylation is 1. The van der Waals surface area contributed by atoms with Gasteiger partial charge in [-0.3, -0.25) is 5.32 Å². The molecule has 1 aromatic carbocycles. The van der Waals surface area contributed by atoms with Crippen LogP contribution in [0.25, 0.3) is 0 Å². The fraction of sp³-hybridized carbons (Fsp3) is 0.588. The molecule has 0 spiro atoms. The molecule has 1 atom stereocenters. The lowest BCUT2D eigenvalue weighted by Crippen LogP contribution is -2.37. The lowest BCUT2D eigenvalue weighted by atomic mass is 10.0. The second-order valence-electron chi connectivity index (χ2n) is 5.84. The van der Waals surface area contributed by atoms with Crippen LogP contribution < -0.4 is 5.32 Å². The minimum Gasteiger partial charge on any atom is -0.468 e. The number of benzene rings is 1. The highest BCUT2D eigenvalue weighted by Gasteiger charge is 2.26. The second kappa shape index (κ2) is 7.95. The maximum atomic E-state index is 12.2. The third-order valence-corrected chi connectivity index (χ3v) is 4.85. The first-order chi connectivity index (χ1) is 10.1. The van der Waals surface area contributed by atoms with Crippen LogP contribution in [0.15, 0.2) is 22.7 Å². The quantitative estimate of drug-likeness (QED) is 0.648. The van der Waals surface area contributed by atoms with Crippen LogP contribution in [0.5, 0.6) is 0 Å². The van der Waals surface area contributed by atoms with Crippen LogP contribution in [0, 0.1) is 6.92 Å². The number of carbonyl (C=O) groups is 1. The molecular formula is C17H24BrNO2. The number of halogens is 1. The largest absolute Gasteiger partial charge is 0.468 e. The fourth-order valence-corrected chi connectivity index (χ4v) is 3.67. The molecule has 1 saturated carbocycles. The maximum Gasteiger partial charge on any atom is 0.327 e. The number of methoxy groups -OCH3 is 1. The normalized spacial score (nSPS) is 18.0. The summed E-state index contributed by atoms with van der Waals surface area (Å²) >= 11 is 3.58. The van der Waals surface area contributed by atoms with Gasteiger partial charge in [0, 0.05) is 10.5 Å². The average molecular weight is 354 g/mol. The fourth-order valence-electron chi connectivity index (χ4n) is 2.95. The van der Waals surface area contributed by atoms with E-state index >= 15 is 0 Å². The Bertz CT molecular complexity index is 482. The number of hydrogen-bond acceptors (Lipinski definition) is 3. The first-order valence-corrected chi connectivity index (χ1v) is 8.51. The molecule has 0 aromatic heterocycles. The third-order valence-electron chi connectivity index (χ3n) is 4.16. The highest BCUT2D eigenvalue weighted by atomic mass is 79.9. The summed E-state index contributed by atoms with van der Waals surface area (Å²) in [4.78, 5) is 12.2. The molecule has 1 aliphatic carbocycles. The Balaban J connectivity index is 2.19. The Morgan fingerprint density at radius 1 is 1.29 bits per heavy atom. The van der Waals surface area contributed by atoms with Gasteiger partial charge in [-0.05, 0) is 37.0 Å². The van der Waals surface area contributed by atoms with Crippen LogP contribution in [0.4, 0.5) is 0 Å². The first-order valence-electron chi connectivity index (χ1n) is 7.71. The molecule has 1 aromatic rings. The van der Waals surface area contributed by atoms with E-state index in [0.29, 0.717) is 6.04 Å². The van der Waals surface area contributed by atoms with Gasteiger partial charge < -0.3 is 4.74 Å². The zero-order chi connectivity index (χ0) is 15.2. The third kappa shape index (κ3) is 4.55. The summed E-state index contributed by atoms with van der Waals surface area (Å²) in [6.07, 6.45) is 7.35. The van der Waals surface area contributed by atoms with Crippen LogP contribution in [0.2, 0.25) is 0 Å². The van der Waals surface area contributed by atoms with E-state index < -0.39 is 6.04 Å². The van der Waals surface area contributed by atoms with Gasteiger partial charge in [-0.2, -0.15) is 0 Å². The zero-order valence-electron chi connectivity index (χ0n) is 12.8. The molecule has 0 amide bonds. The van der Waals surface area contributed by atoms with Crippen LogP contribution in [-0.2, 0) is 9.53 Å². The van der Waals surface area contributed by atoms with Crippen molar-refractivity contribution in [2.45, 2.75) is 57.5 Å². The van der Waals surface area contributed by atoms with E-state index in [1.807, 2.05) is 25.1 Å². The van der Waals surface area contributed by atoms with E-state index in [0.717, 1.165) is 22.9 Å². The lowest BCUT2D eigenvalue weighted by molar-refractivity contribution is -0.143. The van der Waals surface area contributed by atoms with Crippen LogP contribution in [0.3, 0.4) is 0 Å². The van der Waals surface area contributed by atoms with Crippen molar-refractivity contribution in [2.75, 3.05) is 7.11 Å². The number of rotatable bonds is 4. The molecule has 0 saturated heterocycles. The molecule has 3 nitrogen and oxygen atoms in total. The molecule has 4 heteroatoms. The average Bonchev–Trinajstić information content (AvgIpc) is 2.73. The summed E-state index contributed by atoms with van der Waals surface area (Å²) in [6.45, 7) is 2.04. The molecule has 0 heterocycles. The van der Waals surface area contributed by atoms with E-state index in [4.69, 9.17) is 4.74 Å². The summed E-state index contributed by atoms with van der Waals surface area (Å²) in [5, 5.41) is 3.52. The predicted molar refractivity (Wildman–Crippen MR) is 88.3 cm³/mol. The second-order valence-corrected chi connectivity index (χ2v) is 6.69. The van der Waals surface area contributed by atoms with Gasteiger partial charge in [0.25, 0.3) is 0 Å². The highest BCUT2D eigenvalue weighted by Crippen LogP contribution is 2.28. The summed E-state index contributed by atoms with van der Waals surface area (Å²) in [6, 6.07) is 6.08. The number of hydrogen-bond donors (Lipinski definition) is 1. The van der Waals surface area contributed by atoms with Gasteiger partial charge in [-0.25, -0.2) is 4.79 Å². The topological polar surface area (TPSA) is 38.3 Å². The summed E-state index contributed by atoms with van der Waals surface area (Å²) in [5.41, 5.74) is 2.13. The van der Waals surface area contributed by atoms with E-state index in [1.165, 1.54) is 38.4 Å². The van der Waals surface area contributed by atoms with Gasteiger partial charge in [0.2, 0.25) is 0 Å². The number of nitrogens with one attached hydrogen (secondary N) is 1. The van der Waals surface area contributed by atoms with Crippen molar-refractivity contribution in [3.05, 3.63) is 33.8 Å². The molecule has 1 unspecified atom stereocenters. The Kier molecular flexibility index (Phi) is 6.24. The molecular weight excluding hydrogens is 330 g/mol. The highest BCUT2D eigenvalue weighted by molar-refractivity contribution is 9.10. The van der Waals surface area contributed by atoms with Gasteiger partial charge in [-0.1, -0.05) is 53.7 Å². The van der Waals surface area contributed by atoms with Crippen molar-refractivity contribution < 1.29 is 9.53 Å². The Morgan fingerprint density at radius 3 is 2.52 bits per heavy atom. The Labute approximate surface area is 135 Å². The molecule has 1 fully saturated rings.